The predicted octanol–water partition coefficient (Wildman–Crippen LogP) is -5.35. The Morgan fingerprint density at radius 3 is 0.429 bits per heavy atom. The summed E-state index contributed by atoms with van der Waals surface area (Å²) in [4.78, 5) is 0. The van der Waals surface area contributed by atoms with Crippen LogP contribution < -0.4 is 49.4 Å². The molecule has 0 amide bonds. The maximum Gasteiger partial charge on any atom is 2.00 e. The van der Waals surface area contributed by atoms with Gasteiger partial charge in [0, 0.05) is 0 Å². The van der Waals surface area contributed by atoms with Gasteiger partial charge in [0.1, 0.15) is 0 Å². The minimum Gasteiger partial charge on any atom is -1.00 e. The van der Waals surface area contributed by atoms with Crippen molar-refractivity contribution in [3.8, 4) is 0 Å². The van der Waals surface area contributed by atoms with Gasteiger partial charge in [-0.15, -0.1) is 0 Å². The molecule has 0 heterocycles. The molecule has 0 radical (unpaired) electrons. The zero-order valence-electron chi connectivity index (χ0n) is 3.90. The fraction of sp³-hybridized carbons (Fsp3) is 0. The Balaban J connectivity index is 0. The first kappa shape index (κ1) is 346. The van der Waals surface area contributed by atoms with Gasteiger partial charge in [-0.25, -0.2) is 0 Å². The summed E-state index contributed by atoms with van der Waals surface area (Å²) in [6.07, 6.45) is 0. The zero-order chi connectivity index (χ0) is 0. The molecule has 0 saturated carbocycles. The maximum atomic E-state index is 0. The minimum atomic E-state index is 0. The third kappa shape index (κ3) is 156. The molecule has 0 unspecified atom stereocenters. The molecule has 0 saturated heterocycles. The number of rotatable bonds is 0. The third-order valence-electron chi connectivity index (χ3n) is 0. The van der Waals surface area contributed by atoms with E-state index < -0.39 is 0 Å². The van der Waals surface area contributed by atoms with Crippen molar-refractivity contribution < 1.29 is 45.2 Å². The zero-order valence-corrected chi connectivity index (χ0v) is 6.97. The van der Waals surface area contributed by atoms with Crippen LogP contribution in [0.2, 0.25) is 0 Å². The number of halogens is 2. The molecule has 12 N–H and O–H groups in total. The summed E-state index contributed by atoms with van der Waals surface area (Å²) in [5.41, 5.74) is 0. The van der Waals surface area contributed by atoms with E-state index in [1.165, 1.54) is 0 Å². The van der Waals surface area contributed by atoms with Crippen LogP contribution in [0.15, 0.2) is 0 Å². The van der Waals surface area contributed by atoms with Crippen molar-refractivity contribution in [3.63, 3.8) is 0 Å². The van der Waals surface area contributed by atoms with E-state index in [1.807, 2.05) is 0 Å². The van der Waals surface area contributed by atoms with Crippen LogP contribution in [0.1, 0.15) is 0 Å². The monoisotopic (exact) mass is 244 g/mol. The molecule has 0 aliphatic heterocycles. The molecule has 0 atom stereocenters. The third-order valence-corrected chi connectivity index (χ3v) is 0. The van der Waals surface area contributed by atoms with Crippen molar-refractivity contribution in [2.75, 3.05) is 0 Å². The smallest absolute Gasteiger partial charge is 1.00 e. The maximum absolute atomic E-state index is 0. The molecule has 0 aliphatic carbocycles. The summed E-state index contributed by atoms with van der Waals surface area (Å²) in [6.45, 7) is 0. The van der Waals surface area contributed by atoms with Crippen molar-refractivity contribution >= 4 is 0 Å². The Kier molecular flexibility index (Phi) is 11100. The SMILES string of the molecule is N.N.N.N.[Cl-].[Cl-].[Pd+2]. The largest absolute Gasteiger partial charge is 2.00 e. The topological polar surface area (TPSA) is 140 Å². The Morgan fingerprint density at radius 2 is 0.429 bits per heavy atom. The fourth-order valence-corrected chi connectivity index (χ4v) is 0. The van der Waals surface area contributed by atoms with Gasteiger partial charge in [-0.2, -0.15) is 0 Å². The van der Waals surface area contributed by atoms with Crippen molar-refractivity contribution in [3.05, 3.63) is 0 Å². The van der Waals surface area contributed by atoms with Crippen molar-refractivity contribution in [2.45, 2.75) is 0 Å². The molecule has 0 bridgehead atoms. The van der Waals surface area contributed by atoms with Gasteiger partial charge < -0.3 is 49.4 Å². The Bertz CT molecular complexity index is 9.65. The summed E-state index contributed by atoms with van der Waals surface area (Å²) < 4.78 is 0. The molecule has 0 aliphatic rings. The van der Waals surface area contributed by atoms with E-state index in [1.54, 1.807) is 0 Å². The van der Waals surface area contributed by atoms with E-state index in [2.05, 4.69) is 0 Å². The van der Waals surface area contributed by atoms with E-state index in [-0.39, 0.29) is 69.8 Å². The first-order valence-corrected chi connectivity index (χ1v) is 0. The average Bonchev–Trinajstić information content (AvgIpc) is 0. The second kappa shape index (κ2) is 224. The van der Waals surface area contributed by atoms with Crippen LogP contribution >= 0.6 is 0 Å². The molecular formula is H12Cl2N4Pd. The van der Waals surface area contributed by atoms with E-state index >= 15 is 0 Å². The Morgan fingerprint density at radius 1 is 0.429 bits per heavy atom. The van der Waals surface area contributed by atoms with E-state index in [4.69, 9.17) is 0 Å². The molecule has 7 heavy (non-hydrogen) atoms. The summed E-state index contributed by atoms with van der Waals surface area (Å²) in [7, 11) is 0. The van der Waals surface area contributed by atoms with Crippen LogP contribution in [0.4, 0.5) is 0 Å². The summed E-state index contributed by atoms with van der Waals surface area (Å²) in [5.74, 6) is 0. The average molecular weight is 245 g/mol. The molecule has 56 valence electrons. The predicted molar refractivity (Wildman–Crippen MR) is 20.1 cm³/mol. The van der Waals surface area contributed by atoms with Gasteiger partial charge in [-0.1, -0.05) is 0 Å². The second-order valence-corrected chi connectivity index (χ2v) is 0. The molecule has 0 fully saturated rings. The number of hydrogen-bond donors (Lipinski definition) is 4. The molecular weight excluding hydrogens is 233 g/mol. The molecule has 0 aromatic heterocycles. The van der Waals surface area contributed by atoms with Gasteiger partial charge in [0.25, 0.3) is 0 Å². The molecule has 0 aromatic carbocycles. The number of hydrogen-bond acceptors (Lipinski definition) is 4. The first-order chi connectivity index (χ1) is 0. The van der Waals surface area contributed by atoms with Gasteiger partial charge in [0.05, 0.1) is 0 Å². The van der Waals surface area contributed by atoms with E-state index in [9.17, 15) is 0 Å². The molecule has 4 nitrogen and oxygen atoms in total. The van der Waals surface area contributed by atoms with Crippen molar-refractivity contribution in [2.24, 2.45) is 0 Å². The van der Waals surface area contributed by atoms with Crippen LogP contribution in [0.3, 0.4) is 0 Å². The molecule has 7 heteroatoms. The molecule has 0 spiro atoms. The Labute approximate surface area is 70.0 Å². The summed E-state index contributed by atoms with van der Waals surface area (Å²) in [6, 6.07) is 0. The quantitative estimate of drug-likeness (QED) is 0.316. The fourth-order valence-electron chi connectivity index (χ4n) is 0. The van der Waals surface area contributed by atoms with Gasteiger partial charge >= 0.3 is 20.4 Å². The Hall–Kier alpha value is 1.08. The van der Waals surface area contributed by atoms with Crippen LogP contribution in [0, 0.1) is 0 Å². The molecule has 0 aromatic rings. The van der Waals surface area contributed by atoms with Crippen LogP contribution in [0.5, 0.6) is 0 Å². The first-order valence-electron chi connectivity index (χ1n) is 0. The summed E-state index contributed by atoms with van der Waals surface area (Å²) >= 11 is 0. The van der Waals surface area contributed by atoms with Crippen LogP contribution in [0.25, 0.3) is 0 Å². The van der Waals surface area contributed by atoms with E-state index in [0.29, 0.717) is 0 Å². The van der Waals surface area contributed by atoms with Gasteiger partial charge in [-0.3, -0.25) is 0 Å². The second-order valence-electron chi connectivity index (χ2n) is 0. The van der Waals surface area contributed by atoms with Crippen molar-refractivity contribution in [1.82, 2.24) is 24.6 Å². The molecule has 0 rings (SSSR count). The summed E-state index contributed by atoms with van der Waals surface area (Å²) in [5, 5.41) is 0. The minimum absolute atomic E-state index is 0. The van der Waals surface area contributed by atoms with Crippen LogP contribution in [-0.4, -0.2) is 0 Å². The van der Waals surface area contributed by atoms with Gasteiger partial charge in [-0.05, 0) is 0 Å². The normalized spacial score (nSPS) is 0. The van der Waals surface area contributed by atoms with Crippen molar-refractivity contribution in [1.29, 1.82) is 0 Å². The van der Waals surface area contributed by atoms with Crippen LogP contribution in [-0.2, 0) is 20.4 Å². The standard InChI is InChI=1S/2ClH.4H3N.Pd/h2*1H;4*1H3;/q;;;;;;+2/p-2. The van der Waals surface area contributed by atoms with E-state index in [0.717, 1.165) is 0 Å². The van der Waals surface area contributed by atoms with Gasteiger partial charge in [0.15, 0.2) is 0 Å². The van der Waals surface area contributed by atoms with Gasteiger partial charge in [0.2, 0.25) is 0 Å².